The zero-order valence-electron chi connectivity index (χ0n) is 11.4. The SMILES string of the molecule is CC(C)(CNC(=O)CCN)c1ccc2c(c1)OCO2. The fourth-order valence-corrected chi connectivity index (χ4v) is 1.96. The number of fused-ring (bicyclic) bond motifs is 1. The summed E-state index contributed by atoms with van der Waals surface area (Å²) in [6.07, 6.45) is 0.358. The summed E-state index contributed by atoms with van der Waals surface area (Å²) < 4.78 is 10.7. The summed E-state index contributed by atoms with van der Waals surface area (Å²) in [6, 6.07) is 5.88. The summed E-state index contributed by atoms with van der Waals surface area (Å²) in [5.74, 6) is 1.52. The molecule has 19 heavy (non-hydrogen) atoms. The van der Waals surface area contributed by atoms with Crippen LogP contribution in [0.4, 0.5) is 0 Å². The molecule has 0 spiro atoms. The van der Waals surface area contributed by atoms with E-state index in [1.54, 1.807) is 0 Å². The van der Waals surface area contributed by atoms with Gasteiger partial charge in [0.25, 0.3) is 0 Å². The first kappa shape index (κ1) is 13.7. The molecule has 1 heterocycles. The van der Waals surface area contributed by atoms with Crippen LogP contribution in [0.25, 0.3) is 0 Å². The third-order valence-electron chi connectivity index (χ3n) is 3.25. The van der Waals surface area contributed by atoms with Gasteiger partial charge in [0.05, 0.1) is 0 Å². The second-order valence-corrected chi connectivity index (χ2v) is 5.27. The Morgan fingerprint density at radius 1 is 1.37 bits per heavy atom. The van der Waals surface area contributed by atoms with Crippen molar-refractivity contribution < 1.29 is 14.3 Å². The predicted molar refractivity (Wildman–Crippen MR) is 72.3 cm³/mol. The number of carbonyl (C=O) groups is 1. The van der Waals surface area contributed by atoms with E-state index >= 15 is 0 Å². The smallest absolute Gasteiger partial charge is 0.231 e. The lowest BCUT2D eigenvalue weighted by molar-refractivity contribution is -0.121. The van der Waals surface area contributed by atoms with Crippen molar-refractivity contribution in [3.63, 3.8) is 0 Å². The van der Waals surface area contributed by atoms with Crippen LogP contribution in [0.5, 0.6) is 11.5 Å². The summed E-state index contributed by atoms with van der Waals surface area (Å²) in [6.45, 7) is 5.36. The fourth-order valence-electron chi connectivity index (χ4n) is 1.96. The van der Waals surface area contributed by atoms with Crippen LogP contribution < -0.4 is 20.5 Å². The molecule has 0 unspecified atom stereocenters. The Morgan fingerprint density at radius 3 is 2.84 bits per heavy atom. The van der Waals surface area contributed by atoms with Crippen molar-refractivity contribution in [1.82, 2.24) is 5.32 Å². The molecular formula is C14H20N2O3. The third-order valence-corrected chi connectivity index (χ3v) is 3.25. The highest BCUT2D eigenvalue weighted by atomic mass is 16.7. The van der Waals surface area contributed by atoms with Crippen molar-refractivity contribution in [2.75, 3.05) is 19.9 Å². The zero-order valence-corrected chi connectivity index (χ0v) is 11.4. The normalized spacial score (nSPS) is 13.4. The maximum absolute atomic E-state index is 11.5. The number of hydrogen-bond donors (Lipinski definition) is 2. The zero-order chi connectivity index (χ0) is 13.9. The van der Waals surface area contributed by atoms with E-state index in [2.05, 4.69) is 19.2 Å². The second kappa shape index (κ2) is 5.48. The highest BCUT2D eigenvalue weighted by Crippen LogP contribution is 2.36. The molecule has 0 saturated heterocycles. The van der Waals surface area contributed by atoms with Crippen molar-refractivity contribution in [3.8, 4) is 11.5 Å². The molecule has 1 aromatic rings. The van der Waals surface area contributed by atoms with Crippen molar-refractivity contribution in [1.29, 1.82) is 0 Å². The fraction of sp³-hybridized carbons (Fsp3) is 0.500. The van der Waals surface area contributed by atoms with E-state index in [4.69, 9.17) is 15.2 Å². The second-order valence-electron chi connectivity index (χ2n) is 5.27. The van der Waals surface area contributed by atoms with E-state index in [0.717, 1.165) is 17.1 Å². The van der Waals surface area contributed by atoms with Crippen LogP contribution >= 0.6 is 0 Å². The molecule has 1 aromatic carbocycles. The standard InChI is InChI=1S/C14H20N2O3/c1-14(2,8-16-13(17)5-6-15)10-3-4-11-12(7-10)19-9-18-11/h3-4,7H,5-6,8-9,15H2,1-2H3,(H,16,17). The van der Waals surface area contributed by atoms with Gasteiger partial charge < -0.3 is 20.5 Å². The van der Waals surface area contributed by atoms with E-state index < -0.39 is 0 Å². The summed E-state index contributed by atoms with van der Waals surface area (Å²) in [4.78, 5) is 11.5. The quantitative estimate of drug-likeness (QED) is 0.837. The molecule has 1 amide bonds. The Kier molecular flexibility index (Phi) is 3.95. The van der Waals surface area contributed by atoms with Gasteiger partial charge in [-0.2, -0.15) is 0 Å². The molecule has 1 aliphatic rings. The Morgan fingerprint density at radius 2 is 2.11 bits per heavy atom. The van der Waals surface area contributed by atoms with Crippen molar-refractivity contribution in [2.45, 2.75) is 25.7 Å². The lowest BCUT2D eigenvalue weighted by Crippen LogP contribution is -2.37. The Hall–Kier alpha value is -1.75. The van der Waals surface area contributed by atoms with Crippen LogP contribution in [0.15, 0.2) is 18.2 Å². The minimum Gasteiger partial charge on any atom is -0.454 e. The van der Waals surface area contributed by atoms with Gasteiger partial charge in [0.2, 0.25) is 12.7 Å². The first-order chi connectivity index (χ1) is 9.03. The summed E-state index contributed by atoms with van der Waals surface area (Å²) >= 11 is 0. The number of nitrogens with two attached hydrogens (primary N) is 1. The molecule has 0 aliphatic carbocycles. The maximum Gasteiger partial charge on any atom is 0.231 e. The van der Waals surface area contributed by atoms with E-state index in [0.29, 0.717) is 19.5 Å². The van der Waals surface area contributed by atoms with Gasteiger partial charge in [-0.15, -0.1) is 0 Å². The number of rotatable bonds is 5. The number of ether oxygens (including phenoxy) is 2. The Balaban J connectivity index is 2.04. The van der Waals surface area contributed by atoms with Gasteiger partial charge in [-0.05, 0) is 17.7 Å². The molecule has 104 valence electrons. The van der Waals surface area contributed by atoms with E-state index in [1.807, 2.05) is 18.2 Å². The number of benzene rings is 1. The predicted octanol–water partition coefficient (Wildman–Crippen LogP) is 1.16. The molecule has 0 radical (unpaired) electrons. The molecule has 1 aliphatic heterocycles. The van der Waals surface area contributed by atoms with Crippen molar-refractivity contribution in [3.05, 3.63) is 23.8 Å². The van der Waals surface area contributed by atoms with Gasteiger partial charge in [0, 0.05) is 24.9 Å². The van der Waals surface area contributed by atoms with Crippen LogP contribution in [0, 0.1) is 0 Å². The van der Waals surface area contributed by atoms with E-state index in [-0.39, 0.29) is 18.1 Å². The van der Waals surface area contributed by atoms with Crippen LogP contribution in [0.1, 0.15) is 25.8 Å². The minimum absolute atomic E-state index is 0.0173. The average Bonchev–Trinajstić information content (AvgIpc) is 2.84. The van der Waals surface area contributed by atoms with Crippen LogP contribution in [-0.4, -0.2) is 25.8 Å². The van der Waals surface area contributed by atoms with Crippen LogP contribution in [-0.2, 0) is 10.2 Å². The largest absolute Gasteiger partial charge is 0.454 e. The topological polar surface area (TPSA) is 73.6 Å². The van der Waals surface area contributed by atoms with E-state index in [1.165, 1.54) is 0 Å². The Bertz CT molecular complexity index is 472. The first-order valence-electron chi connectivity index (χ1n) is 6.40. The van der Waals surface area contributed by atoms with Crippen LogP contribution in [0.2, 0.25) is 0 Å². The van der Waals surface area contributed by atoms with E-state index in [9.17, 15) is 4.79 Å². The lowest BCUT2D eigenvalue weighted by Gasteiger charge is -2.26. The molecule has 0 bridgehead atoms. The molecule has 5 nitrogen and oxygen atoms in total. The highest BCUT2D eigenvalue weighted by Gasteiger charge is 2.24. The first-order valence-corrected chi connectivity index (χ1v) is 6.40. The molecule has 0 aromatic heterocycles. The van der Waals surface area contributed by atoms with Gasteiger partial charge in [-0.1, -0.05) is 19.9 Å². The molecule has 0 atom stereocenters. The molecule has 2 rings (SSSR count). The van der Waals surface area contributed by atoms with Gasteiger partial charge in [0.15, 0.2) is 11.5 Å². The average molecular weight is 264 g/mol. The summed E-state index contributed by atoms with van der Waals surface area (Å²) in [5.41, 5.74) is 6.28. The summed E-state index contributed by atoms with van der Waals surface area (Å²) in [5, 5.41) is 2.90. The highest BCUT2D eigenvalue weighted by molar-refractivity contribution is 5.76. The number of carbonyl (C=O) groups excluding carboxylic acids is 1. The minimum atomic E-state index is -0.175. The third kappa shape index (κ3) is 3.17. The maximum atomic E-state index is 11.5. The van der Waals surface area contributed by atoms with Crippen molar-refractivity contribution >= 4 is 5.91 Å². The molecule has 3 N–H and O–H groups in total. The van der Waals surface area contributed by atoms with Gasteiger partial charge in [-0.3, -0.25) is 4.79 Å². The van der Waals surface area contributed by atoms with Gasteiger partial charge in [0.1, 0.15) is 0 Å². The molecule has 0 saturated carbocycles. The molecule has 0 fully saturated rings. The van der Waals surface area contributed by atoms with Gasteiger partial charge in [-0.25, -0.2) is 0 Å². The Labute approximate surface area is 113 Å². The molecular weight excluding hydrogens is 244 g/mol. The van der Waals surface area contributed by atoms with Crippen LogP contribution in [0.3, 0.4) is 0 Å². The monoisotopic (exact) mass is 264 g/mol. The van der Waals surface area contributed by atoms with Gasteiger partial charge >= 0.3 is 0 Å². The summed E-state index contributed by atoms with van der Waals surface area (Å²) in [7, 11) is 0. The molecule has 5 heteroatoms. The lowest BCUT2D eigenvalue weighted by atomic mass is 9.84. The van der Waals surface area contributed by atoms with Crippen molar-refractivity contribution in [2.24, 2.45) is 5.73 Å². The number of hydrogen-bond acceptors (Lipinski definition) is 4. The number of nitrogens with one attached hydrogen (secondary N) is 1. The number of amides is 1.